The molecule has 1 rings (SSSR count). The van der Waals surface area contributed by atoms with E-state index in [1.807, 2.05) is 32.0 Å². The molecule has 0 aliphatic heterocycles. The summed E-state index contributed by atoms with van der Waals surface area (Å²) in [6, 6.07) is 9.04. The van der Waals surface area contributed by atoms with E-state index < -0.39 is 0 Å². The summed E-state index contributed by atoms with van der Waals surface area (Å²) in [5.74, 6) is 0.308. The Kier molecular flexibility index (Phi) is 4.54. The Morgan fingerprint density at radius 3 is 2.60 bits per heavy atom. The number of hydrogen-bond acceptors (Lipinski definition) is 3. The highest BCUT2D eigenvalue weighted by atomic mass is 16.5. The lowest BCUT2D eigenvalue weighted by Crippen LogP contribution is -2.12. The lowest BCUT2D eigenvalue weighted by atomic mass is 10.3. The predicted octanol–water partition coefficient (Wildman–Crippen LogP) is 2.46. The number of esters is 1. The largest absolute Gasteiger partial charge is 0.426 e. The molecule has 1 aromatic rings. The van der Waals surface area contributed by atoms with Crippen LogP contribution in [0.2, 0.25) is 0 Å². The summed E-state index contributed by atoms with van der Waals surface area (Å²) in [7, 11) is 0. The van der Waals surface area contributed by atoms with Crippen molar-refractivity contribution in [1.29, 1.82) is 0 Å². The van der Waals surface area contributed by atoms with Crippen LogP contribution < -0.4 is 4.74 Å². The van der Waals surface area contributed by atoms with Crippen LogP contribution in [0.25, 0.3) is 0 Å². The summed E-state index contributed by atoms with van der Waals surface area (Å²) in [6.07, 6.45) is 0.253. The summed E-state index contributed by atoms with van der Waals surface area (Å²) in [5.41, 5.74) is 0.804. The molecule has 0 saturated heterocycles. The van der Waals surface area contributed by atoms with Crippen molar-refractivity contribution in [1.82, 2.24) is 0 Å². The molecule has 3 heteroatoms. The lowest BCUT2D eigenvalue weighted by Gasteiger charge is -2.03. The van der Waals surface area contributed by atoms with Gasteiger partial charge in [-0.05, 0) is 26.0 Å². The summed E-state index contributed by atoms with van der Waals surface area (Å²) in [5, 5.41) is 0. The predicted molar refractivity (Wildman–Crippen MR) is 60.3 cm³/mol. The van der Waals surface area contributed by atoms with Crippen LogP contribution in [0.4, 0.5) is 0 Å². The molecule has 0 spiro atoms. The Labute approximate surface area is 89.8 Å². The molecule has 0 aliphatic rings. The molecular weight excluding hydrogens is 190 g/mol. The van der Waals surface area contributed by atoms with Gasteiger partial charge in [0.1, 0.15) is 5.75 Å². The maximum Gasteiger partial charge on any atom is 0.316 e. The van der Waals surface area contributed by atoms with E-state index >= 15 is 0 Å². The van der Waals surface area contributed by atoms with Gasteiger partial charge in [0.2, 0.25) is 0 Å². The van der Waals surface area contributed by atoms with Crippen LogP contribution in [0.15, 0.2) is 35.3 Å². The van der Waals surface area contributed by atoms with Crippen molar-refractivity contribution in [3.05, 3.63) is 30.3 Å². The monoisotopic (exact) mass is 205 g/mol. The number of rotatable bonds is 4. The quantitative estimate of drug-likeness (QED) is 0.430. The van der Waals surface area contributed by atoms with Gasteiger partial charge in [0.15, 0.2) is 0 Å². The van der Waals surface area contributed by atoms with E-state index in [2.05, 4.69) is 4.99 Å². The van der Waals surface area contributed by atoms with Gasteiger partial charge in [0.05, 0.1) is 6.42 Å². The van der Waals surface area contributed by atoms with Gasteiger partial charge >= 0.3 is 5.97 Å². The van der Waals surface area contributed by atoms with Gasteiger partial charge < -0.3 is 4.74 Å². The van der Waals surface area contributed by atoms with Gasteiger partial charge in [0.25, 0.3) is 0 Å². The van der Waals surface area contributed by atoms with Crippen LogP contribution in [0, 0.1) is 0 Å². The van der Waals surface area contributed by atoms with Crippen LogP contribution in [-0.2, 0) is 4.79 Å². The van der Waals surface area contributed by atoms with Crippen molar-refractivity contribution in [2.45, 2.75) is 20.3 Å². The molecule has 80 valence electrons. The summed E-state index contributed by atoms with van der Waals surface area (Å²) in [4.78, 5) is 15.5. The minimum atomic E-state index is -0.268. The van der Waals surface area contributed by atoms with Crippen molar-refractivity contribution in [2.75, 3.05) is 6.54 Å². The van der Waals surface area contributed by atoms with Gasteiger partial charge in [-0.3, -0.25) is 9.79 Å². The van der Waals surface area contributed by atoms with Crippen LogP contribution >= 0.6 is 0 Å². The molecular formula is C12H15NO2. The molecule has 0 aliphatic carbocycles. The Balaban J connectivity index is 2.47. The number of nitrogens with zero attached hydrogens (tertiary/aromatic N) is 1. The number of para-hydroxylation sites is 1. The lowest BCUT2D eigenvalue weighted by molar-refractivity contribution is -0.133. The van der Waals surface area contributed by atoms with Crippen LogP contribution in [-0.4, -0.2) is 18.2 Å². The average molecular weight is 205 g/mol. The minimum absolute atomic E-state index is 0.253. The SMILES string of the molecule is CCN=C(C)CC(=O)Oc1ccccc1. The number of ether oxygens (including phenoxy) is 1. The Morgan fingerprint density at radius 1 is 1.33 bits per heavy atom. The van der Waals surface area contributed by atoms with Crippen molar-refractivity contribution >= 4 is 11.7 Å². The van der Waals surface area contributed by atoms with Gasteiger partial charge in [0, 0.05) is 12.3 Å². The molecule has 0 heterocycles. The minimum Gasteiger partial charge on any atom is -0.426 e. The molecule has 0 aromatic heterocycles. The van der Waals surface area contributed by atoms with Gasteiger partial charge in [-0.2, -0.15) is 0 Å². The second-order valence-electron chi connectivity index (χ2n) is 3.17. The molecule has 0 bridgehead atoms. The number of hydrogen-bond donors (Lipinski definition) is 0. The molecule has 0 amide bonds. The third kappa shape index (κ3) is 4.40. The van der Waals surface area contributed by atoms with Crippen LogP contribution in [0.1, 0.15) is 20.3 Å². The van der Waals surface area contributed by atoms with Gasteiger partial charge in [-0.15, -0.1) is 0 Å². The fourth-order valence-corrected chi connectivity index (χ4v) is 1.19. The van der Waals surface area contributed by atoms with E-state index in [9.17, 15) is 4.79 Å². The number of carbonyl (C=O) groups is 1. The fourth-order valence-electron chi connectivity index (χ4n) is 1.19. The number of aliphatic imine (C=N–C) groups is 1. The Morgan fingerprint density at radius 2 is 2.00 bits per heavy atom. The van der Waals surface area contributed by atoms with Crippen molar-refractivity contribution in [3.8, 4) is 5.75 Å². The summed E-state index contributed by atoms with van der Waals surface area (Å²) in [6.45, 7) is 4.46. The van der Waals surface area contributed by atoms with Crippen molar-refractivity contribution in [3.63, 3.8) is 0 Å². The first-order chi connectivity index (χ1) is 7.22. The standard InChI is InChI=1S/C12H15NO2/c1-3-13-10(2)9-12(14)15-11-7-5-4-6-8-11/h4-8H,3,9H2,1-2H3. The summed E-state index contributed by atoms with van der Waals surface area (Å²) < 4.78 is 5.11. The molecule has 0 atom stereocenters. The first-order valence-electron chi connectivity index (χ1n) is 4.98. The maximum atomic E-state index is 11.4. The molecule has 0 radical (unpaired) electrons. The first kappa shape index (κ1) is 11.4. The number of benzene rings is 1. The van der Waals surface area contributed by atoms with Gasteiger partial charge in [-0.25, -0.2) is 0 Å². The van der Waals surface area contributed by atoms with E-state index in [0.717, 1.165) is 5.71 Å². The zero-order chi connectivity index (χ0) is 11.1. The van der Waals surface area contributed by atoms with E-state index in [0.29, 0.717) is 12.3 Å². The smallest absolute Gasteiger partial charge is 0.316 e. The normalized spacial score (nSPS) is 11.2. The Bertz CT molecular complexity index is 344. The van der Waals surface area contributed by atoms with Gasteiger partial charge in [-0.1, -0.05) is 18.2 Å². The summed E-state index contributed by atoms with van der Waals surface area (Å²) >= 11 is 0. The molecule has 0 unspecified atom stereocenters. The fraction of sp³-hybridized carbons (Fsp3) is 0.333. The molecule has 0 saturated carbocycles. The number of carbonyl (C=O) groups excluding carboxylic acids is 1. The Hall–Kier alpha value is -1.64. The van der Waals surface area contributed by atoms with E-state index in [4.69, 9.17) is 4.74 Å². The third-order valence-electron chi connectivity index (χ3n) is 1.80. The van der Waals surface area contributed by atoms with E-state index in [1.54, 1.807) is 12.1 Å². The zero-order valence-electron chi connectivity index (χ0n) is 9.06. The molecule has 0 fully saturated rings. The van der Waals surface area contributed by atoms with Crippen molar-refractivity contribution in [2.24, 2.45) is 4.99 Å². The van der Waals surface area contributed by atoms with Crippen LogP contribution in [0.3, 0.4) is 0 Å². The molecule has 15 heavy (non-hydrogen) atoms. The molecule has 3 nitrogen and oxygen atoms in total. The van der Waals surface area contributed by atoms with E-state index in [-0.39, 0.29) is 12.4 Å². The highest BCUT2D eigenvalue weighted by Crippen LogP contribution is 2.09. The highest BCUT2D eigenvalue weighted by Gasteiger charge is 2.05. The first-order valence-corrected chi connectivity index (χ1v) is 4.98. The second kappa shape index (κ2) is 5.96. The average Bonchev–Trinajstić information content (AvgIpc) is 2.19. The van der Waals surface area contributed by atoms with Crippen LogP contribution in [0.5, 0.6) is 5.75 Å². The molecule has 0 N–H and O–H groups in total. The van der Waals surface area contributed by atoms with Crippen molar-refractivity contribution < 1.29 is 9.53 Å². The second-order valence-corrected chi connectivity index (χ2v) is 3.17. The zero-order valence-corrected chi connectivity index (χ0v) is 9.06. The van der Waals surface area contributed by atoms with E-state index in [1.165, 1.54) is 0 Å². The molecule has 1 aromatic carbocycles. The maximum absolute atomic E-state index is 11.4. The third-order valence-corrected chi connectivity index (χ3v) is 1.80. The topological polar surface area (TPSA) is 38.7 Å². The highest BCUT2D eigenvalue weighted by molar-refractivity contribution is 5.98.